The minimum absolute atomic E-state index is 0.308. The quantitative estimate of drug-likeness (QED) is 0.475. The van der Waals surface area contributed by atoms with Gasteiger partial charge in [0.15, 0.2) is 0 Å². The molecule has 0 aliphatic rings. The summed E-state index contributed by atoms with van der Waals surface area (Å²) in [6.07, 6.45) is 5.27. The van der Waals surface area contributed by atoms with Gasteiger partial charge in [-0.2, -0.15) is 0 Å². The van der Waals surface area contributed by atoms with Crippen LogP contribution in [0.3, 0.4) is 0 Å². The zero-order chi connectivity index (χ0) is 11.9. The minimum atomic E-state index is -0.330. The van der Waals surface area contributed by atoms with E-state index in [9.17, 15) is 4.79 Å². The fraction of sp³-hybridized carbons (Fsp3) is 0.769. The van der Waals surface area contributed by atoms with Crippen molar-refractivity contribution in [3.8, 4) is 0 Å². The van der Waals surface area contributed by atoms with Crippen molar-refractivity contribution < 1.29 is 9.53 Å². The molecular weight excluding hydrogens is 188 g/mol. The van der Waals surface area contributed by atoms with Crippen LogP contribution in [-0.4, -0.2) is 11.6 Å². The smallest absolute Gasteiger partial charge is 0.330 e. The molecule has 0 heterocycles. The second-order valence-corrected chi connectivity index (χ2v) is 4.20. The van der Waals surface area contributed by atoms with E-state index in [2.05, 4.69) is 27.4 Å². The van der Waals surface area contributed by atoms with Crippen LogP contribution in [0.4, 0.5) is 0 Å². The third-order valence-electron chi connectivity index (χ3n) is 3.10. The predicted molar refractivity (Wildman–Crippen MR) is 63.7 cm³/mol. The third kappa shape index (κ3) is 4.06. The zero-order valence-electron chi connectivity index (χ0n) is 10.5. The molecule has 0 saturated heterocycles. The van der Waals surface area contributed by atoms with Crippen LogP contribution in [0.1, 0.15) is 53.4 Å². The lowest BCUT2D eigenvalue weighted by Crippen LogP contribution is -2.39. The lowest BCUT2D eigenvalue weighted by molar-refractivity contribution is -0.159. The fourth-order valence-electron chi connectivity index (χ4n) is 2.26. The normalized spacial score (nSPS) is 14.7. The summed E-state index contributed by atoms with van der Waals surface area (Å²) in [5, 5.41) is 0. The summed E-state index contributed by atoms with van der Waals surface area (Å²) in [6.45, 7) is 11.9. The van der Waals surface area contributed by atoms with Crippen molar-refractivity contribution in [1.29, 1.82) is 0 Å². The summed E-state index contributed by atoms with van der Waals surface area (Å²) in [6, 6.07) is 0. The first kappa shape index (κ1) is 14.2. The van der Waals surface area contributed by atoms with Crippen LogP contribution in [0.25, 0.3) is 0 Å². The molecule has 0 N–H and O–H groups in total. The van der Waals surface area contributed by atoms with Crippen molar-refractivity contribution in [3.63, 3.8) is 0 Å². The van der Waals surface area contributed by atoms with Crippen LogP contribution >= 0.6 is 0 Å². The monoisotopic (exact) mass is 212 g/mol. The Hall–Kier alpha value is -0.790. The first-order valence-corrected chi connectivity index (χ1v) is 5.89. The molecule has 0 saturated carbocycles. The Morgan fingerprint density at radius 1 is 1.40 bits per heavy atom. The van der Waals surface area contributed by atoms with E-state index < -0.39 is 0 Å². The standard InChI is InChI=1S/C13H24O2/c1-6-10-13(5,11(7-2)8-3)15-12(14)9-4/h9,11H,4,6-8,10H2,1-3,5H3. The predicted octanol–water partition coefficient (Wildman–Crippen LogP) is 3.71. The van der Waals surface area contributed by atoms with E-state index in [1.54, 1.807) is 0 Å². The molecule has 15 heavy (non-hydrogen) atoms. The first-order valence-electron chi connectivity index (χ1n) is 5.89. The van der Waals surface area contributed by atoms with Gasteiger partial charge in [0.25, 0.3) is 0 Å². The molecule has 0 fully saturated rings. The molecule has 0 radical (unpaired) electrons. The van der Waals surface area contributed by atoms with E-state index in [1.165, 1.54) is 6.08 Å². The highest BCUT2D eigenvalue weighted by Crippen LogP contribution is 2.32. The second-order valence-electron chi connectivity index (χ2n) is 4.20. The molecule has 0 aliphatic heterocycles. The molecule has 2 nitrogen and oxygen atoms in total. The van der Waals surface area contributed by atoms with Crippen molar-refractivity contribution >= 4 is 5.97 Å². The Balaban J connectivity index is 4.69. The van der Waals surface area contributed by atoms with Crippen molar-refractivity contribution in [2.75, 3.05) is 0 Å². The van der Waals surface area contributed by atoms with Crippen LogP contribution < -0.4 is 0 Å². The van der Waals surface area contributed by atoms with Crippen LogP contribution in [0.5, 0.6) is 0 Å². The van der Waals surface area contributed by atoms with Gasteiger partial charge in [0, 0.05) is 6.08 Å². The van der Waals surface area contributed by atoms with Gasteiger partial charge in [0.2, 0.25) is 0 Å². The van der Waals surface area contributed by atoms with E-state index >= 15 is 0 Å². The van der Waals surface area contributed by atoms with Gasteiger partial charge in [-0.1, -0.05) is 33.8 Å². The molecule has 1 unspecified atom stereocenters. The SMILES string of the molecule is C=CC(=O)OC(C)(CCC)C(CC)CC. The summed E-state index contributed by atoms with van der Waals surface area (Å²) in [5.74, 6) is 0.124. The summed E-state index contributed by atoms with van der Waals surface area (Å²) in [4.78, 5) is 11.3. The van der Waals surface area contributed by atoms with Crippen molar-refractivity contribution in [2.24, 2.45) is 5.92 Å². The average molecular weight is 212 g/mol. The molecule has 0 aromatic carbocycles. The maximum Gasteiger partial charge on any atom is 0.330 e. The van der Waals surface area contributed by atoms with Crippen molar-refractivity contribution in [3.05, 3.63) is 12.7 Å². The van der Waals surface area contributed by atoms with Crippen LogP contribution in [0, 0.1) is 5.92 Å². The van der Waals surface area contributed by atoms with E-state index in [4.69, 9.17) is 4.74 Å². The molecular formula is C13H24O2. The molecule has 88 valence electrons. The Kier molecular flexibility index (Phi) is 6.30. The van der Waals surface area contributed by atoms with Gasteiger partial charge in [-0.05, 0) is 32.1 Å². The molecule has 1 atom stereocenters. The fourth-order valence-corrected chi connectivity index (χ4v) is 2.26. The van der Waals surface area contributed by atoms with E-state index in [-0.39, 0.29) is 11.6 Å². The largest absolute Gasteiger partial charge is 0.456 e. The van der Waals surface area contributed by atoms with E-state index in [0.29, 0.717) is 5.92 Å². The van der Waals surface area contributed by atoms with Crippen LogP contribution in [0.2, 0.25) is 0 Å². The summed E-state index contributed by atoms with van der Waals surface area (Å²) in [7, 11) is 0. The summed E-state index contributed by atoms with van der Waals surface area (Å²) in [5.41, 5.74) is -0.330. The molecule has 2 heteroatoms. The van der Waals surface area contributed by atoms with Crippen molar-refractivity contribution in [2.45, 2.75) is 59.0 Å². The lowest BCUT2D eigenvalue weighted by atomic mass is 9.81. The molecule has 0 aromatic rings. The minimum Gasteiger partial charge on any atom is -0.456 e. The maximum absolute atomic E-state index is 11.3. The van der Waals surface area contributed by atoms with Gasteiger partial charge in [-0.25, -0.2) is 4.79 Å². The second kappa shape index (κ2) is 6.65. The number of hydrogen-bond acceptors (Lipinski definition) is 2. The Bertz CT molecular complexity index is 207. The van der Waals surface area contributed by atoms with Gasteiger partial charge in [0.1, 0.15) is 5.60 Å². The number of esters is 1. The topological polar surface area (TPSA) is 26.3 Å². The average Bonchev–Trinajstić information content (AvgIpc) is 2.19. The molecule has 0 rings (SSSR count). The summed E-state index contributed by atoms with van der Waals surface area (Å²) < 4.78 is 5.51. The highest BCUT2D eigenvalue weighted by molar-refractivity contribution is 5.81. The number of rotatable bonds is 7. The Morgan fingerprint density at radius 2 is 1.93 bits per heavy atom. The molecule has 0 aromatic heterocycles. The van der Waals surface area contributed by atoms with Gasteiger partial charge >= 0.3 is 5.97 Å². The number of carbonyl (C=O) groups excluding carboxylic acids is 1. The third-order valence-corrected chi connectivity index (χ3v) is 3.10. The zero-order valence-corrected chi connectivity index (χ0v) is 10.5. The highest BCUT2D eigenvalue weighted by atomic mass is 16.6. The number of hydrogen-bond donors (Lipinski definition) is 0. The van der Waals surface area contributed by atoms with Crippen LogP contribution in [0.15, 0.2) is 12.7 Å². The first-order chi connectivity index (χ1) is 7.03. The lowest BCUT2D eigenvalue weighted by Gasteiger charge is -2.36. The van der Waals surface area contributed by atoms with Gasteiger partial charge in [-0.3, -0.25) is 0 Å². The van der Waals surface area contributed by atoms with Crippen molar-refractivity contribution in [1.82, 2.24) is 0 Å². The molecule has 0 aliphatic carbocycles. The Morgan fingerprint density at radius 3 is 2.27 bits per heavy atom. The Labute approximate surface area is 93.7 Å². The molecule has 0 amide bonds. The maximum atomic E-state index is 11.3. The van der Waals surface area contributed by atoms with Gasteiger partial charge in [0.05, 0.1) is 0 Å². The number of carbonyl (C=O) groups is 1. The molecule has 0 bridgehead atoms. The summed E-state index contributed by atoms with van der Waals surface area (Å²) >= 11 is 0. The highest BCUT2D eigenvalue weighted by Gasteiger charge is 2.34. The van der Waals surface area contributed by atoms with E-state index in [0.717, 1.165) is 25.7 Å². The van der Waals surface area contributed by atoms with Crippen LogP contribution in [-0.2, 0) is 9.53 Å². The van der Waals surface area contributed by atoms with E-state index in [1.807, 2.05) is 6.92 Å². The molecule has 0 spiro atoms. The van der Waals surface area contributed by atoms with Gasteiger partial charge in [-0.15, -0.1) is 0 Å². The number of ether oxygens (including phenoxy) is 1. The van der Waals surface area contributed by atoms with Gasteiger partial charge < -0.3 is 4.74 Å².